The lowest BCUT2D eigenvalue weighted by Crippen LogP contribution is -2.77. The van der Waals surface area contributed by atoms with Crippen LogP contribution in [0, 0.1) is 0 Å². The van der Waals surface area contributed by atoms with Gasteiger partial charge in [-0.15, -0.1) is 0 Å². The number of fused-ring (bicyclic) bond motifs is 2. The summed E-state index contributed by atoms with van der Waals surface area (Å²) < 4.78 is 11.5. The van der Waals surface area contributed by atoms with Crippen LogP contribution in [-0.2, 0) is 19.1 Å². The minimum atomic E-state index is -0.717. The highest BCUT2D eigenvalue weighted by Gasteiger charge is 2.68. The van der Waals surface area contributed by atoms with Crippen molar-refractivity contribution in [3.05, 3.63) is 0 Å². The molecule has 0 aromatic rings. The molecule has 2 amide bonds. The molecule has 2 unspecified atom stereocenters. The number of amides is 2. The monoisotopic (exact) mass is 422 g/mol. The van der Waals surface area contributed by atoms with Crippen molar-refractivity contribution in [1.82, 2.24) is 20.4 Å². The molecule has 4 saturated heterocycles. The maximum absolute atomic E-state index is 12.8. The number of unbranched alkanes of at least 4 members (excludes halogenated alkanes) is 3. The second kappa shape index (κ2) is 7.15. The van der Waals surface area contributed by atoms with Crippen molar-refractivity contribution in [2.24, 2.45) is 0 Å². The normalized spacial score (nSPS) is 38.3. The van der Waals surface area contributed by atoms with E-state index in [1.54, 1.807) is 14.2 Å². The molecule has 0 spiro atoms. The summed E-state index contributed by atoms with van der Waals surface area (Å²) in [5.41, 5.74) is -1.73. The van der Waals surface area contributed by atoms with E-state index < -0.39 is 11.2 Å². The maximum atomic E-state index is 12.8. The SMILES string of the molecule is CO[C@]1(CCCCCC[C@@]2(OC)C(=O)N3C2NCC3(C)C)C(=O)N2C1NCC2(C)C. The molecular weight excluding hydrogens is 384 g/mol. The van der Waals surface area contributed by atoms with Crippen LogP contribution in [0.25, 0.3) is 0 Å². The molecule has 4 heterocycles. The van der Waals surface area contributed by atoms with Crippen LogP contribution < -0.4 is 10.6 Å². The molecule has 8 nitrogen and oxygen atoms in total. The minimum absolute atomic E-state index is 0.0165. The number of β-lactam (4-membered cyclic amide) rings is 2. The van der Waals surface area contributed by atoms with Crippen molar-refractivity contribution in [2.45, 2.75) is 101 Å². The van der Waals surface area contributed by atoms with E-state index in [0.717, 1.165) is 51.6 Å². The summed E-state index contributed by atoms with van der Waals surface area (Å²) >= 11 is 0. The standard InChI is InChI=1S/C22H38N4O4/c1-19(2)13-23-15-21(29-5,17(27)25(15)19)11-9-7-8-10-12-22(30-6)16-24-14-20(3,4)26(16)18(22)28/h15-16,23-24H,7-14H2,1-6H3/t15?,16?,21-,22-/m0/s1. The number of carbonyl (C=O) groups is 2. The number of methoxy groups -OCH3 is 2. The van der Waals surface area contributed by atoms with Crippen molar-refractivity contribution in [3.8, 4) is 0 Å². The quantitative estimate of drug-likeness (QED) is 0.429. The zero-order valence-corrected chi connectivity index (χ0v) is 19.3. The van der Waals surface area contributed by atoms with Crippen molar-refractivity contribution in [1.29, 1.82) is 0 Å². The Bertz CT molecular complexity index is 666. The average Bonchev–Trinajstić information content (AvgIpc) is 3.15. The molecule has 4 fully saturated rings. The number of nitrogens with zero attached hydrogens (tertiary/aromatic N) is 2. The van der Waals surface area contributed by atoms with Gasteiger partial charge in [0.1, 0.15) is 12.3 Å². The van der Waals surface area contributed by atoms with Gasteiger partial charge < -0.3 is 19.3 Å². The first-order valence-electron chi connectivity index (χ1n) is 11.3. The molecule has 4 aliphatic heterocycles. The summed E-state index contributed by atoms with van der Waals surface area (Å²) in [6, 6.07) is 0. The van der Waals surface area contributed by atoms with E-state index in [0.29, 0.717) is 0 Å². The fraction of sp³-hybridized carbons (Fsp3) is 0.909. The van der Waals surface area contributed by atoms with E-state index in [-0.39, 0.29) is 35.2 Å². The van der Waals surface area contributed by atoms with Gasteiger partial charge in [0.15, 0.2) is 11.2 Å². The largest absolute Gasteiger partial charge is 0.365 e. The fourth-order valence-corrected chi connectivity index (χ4v) is 6.00. The van der Waals surface area contributed by atoms with Crippen LogP contribution in [0.5, 0.6) is 0 Å². The van der Waals surface area contributed by atoms with Crippen LogP contribution in [-0.4, -0.2) is 83.5 Å². The molecule has 2 N–H and O–H groups in total. The van der Waals surface area contributed by atoms with Crippen LogP contribution in [0.2, 0.25) is 0 Å². The second-order valence-corrected chi connectivity index (χ2v) is 10.6. The number of carbonyl (C=O) groups excluding carboxylic acids is 2. The molecule has 30 heavy (non-hydrogen) atoms. The van der Waals surface area contributed by atoms with Gasteiger partial charge >= 0.3 is 0 Å². The Hall–Kier alpha value is -1.22. The van der Waals surface area contributed by atoms with E-state index in [1.165, 1.54) is 0 Å². The Morgan fingerprint density at radius 3 is 1.47 bits per heavy atom. The maximum Gasteiger partial charge on any atom is 0.260 e. The highest BCUT2D eigenvalue weighted by molar-refractivity contribution is 5.94. The van der Waals surface area contributed by atoms with Gasteiger partial charge in [0.05, 0.1) is 11.1 Å². The molecular formula is C22H38N4O4. The average molecular weight is 423 g/mol. The van der Waals surface area contributed by atoms with Gasteiger partial charge in [-0.25, -0.2) is 0 Å². The minimum Gasteiger partial charge on any atom is -0.365 e. The predicted octanol–water partition coefficient (Wildman–Crippen LogP) is 1.20. The zero-order chi connectivity index (χ0) is 21.9. The van der Waals surface area contributed by atoms with Gasteiger partial charge in [-0.2, -0.15) is 0 Å². The van der Waals surface area contributed by atoms with E-state index in [2.05, 4.69) is 38.3 Å². The number of nitrogens with one attached hydrogen (secondary N) is 2. The van der Waals surface area contributed by atoms with Crippen LogP contribution >= 0.6 is 0 Å². The zero-order valence-electron chi connectivity index (χ0n) is 19.3. The van der Waals surface area contributed by atoms with Crippen LogP contribution in [0.1, 0.15) is 66.2 Å². The van der Waals surface area contributed by atoms with E-state index >= 15 is 0 Å². The van der Waals surface area contributed by atoms with E-state index in [1.807, 2.05) is 9.80 Å². The first-order valence-corrected chi connectivity index (χ1v) is 11.3. The Labute approximate surface area is 180 Å². The predicted molar refractivity (Wildman–Crippen MR) is 113 cm³/mol. The smallest absolute Gasteiger partial charge is 0.260 e. The summed E-state index contributed by atoms with van der Waals surface area (Å²) in [5.74, 6) is 0.219. The topological polar surface area (TPSA) is 83.1 Å². The van der Waals surface area contributed by atoms with Crippen molar-refractivity contribution in [3.63, 3.8) is 0 Å². The Kier molecular flexibility index (Phi) is 5.24. The summed E-state index contributed by atoms with van der Waals surface area (Å²) in [7, 11) is 3.29. The molecule has 0 aromatic carbocycles. The first-order chi connectivity index (χ1) is 14.1. The van der Waals surface area contributed by atoms with Crippen LogP contribution in [0.4, 0.5) is 0 Å². The van der Waals surface area contributed by atoms with Crippen LogP contribution in [0.3, 0.4) is 0 Å². The van der Waals surface area contributed by atoms with Gasteiger partial charge in [-0.3, -0.25) is 20.2 Å². The van der Waals surface area contributed by atoms with Crippen molar-refractivity contribution in [2.75, 3.05) is 27.3 Å². The van der Waals surface area contributed by atoms with Crippen molar-refractivity contribution < 1.29 is 19.1 Å². The summed E-state index contributed by atoms with van der Waals surface area (Å²) in [6.07, 6.45) is 5.31. The van der Waals surface area contributed by atoms with E-state index in [9.17, 15) is 9.59 Å². The second-order valence-electron chi connectivity index (χ2n) is 10.6. The lowest BCUT2D eigenvalue weighted by atomic mass is 9.80. The third-order valence-electron chi connectivity index (χ3n) is 7.90. The molecule has 0 bridgehead atoms. The molecule has 8 heteroatoms. The fourth-order valence-electron chi connectivity index (χ4n) is 6.00. The third kappa shape index (κ3) is 2.80. The highest BCUT2D eigenvalue weighted by Crippen LogP contribution is 2.46. The lowest BCUT2D eigenvalue weighted by molar-refractivity contribution is -0.206. The highest BCUT2D eigenvalue weighted by atomic mass is 16.5. The van der Waals surface area contributed by atoms with Gasteiger partial charge in [0, 0.05) is 27.3 Å². The Morgan fingerprint density at radius 2 is 1.13 bits per heavy atom. The molecule has 4 atom stereocenters. The molecule has 0 aromatic heterocycles. The first kappa shape index (κ1) is 22.0. The van der Waals surface area contributed by atoms with Gasteiger partial charge in [0.25, 0.3) is 11.8 Å². The third-order valence-corrected chi connectivity index (χ3v) is 7.90. The summed E-state index contributed by atoms with van der Waals surface area (Å²) in [6.45, 7) is 9.95. The Morgan fingerprint density at radius 1 is 0.767 bits per heavy atom. The Balaban J connectivity index is 1.24. The number of ether oxygens (including phenoxy) is 2. The summed E-state index contributed by atoms with van der Waals surface area (Å²) in [5, 5.41) is 6.92. The van der Waals surface area contributed by atoms with Gasteiger partial charge in [0.2, 0.25) is 0 Å². The summed E-state index contributed by atoms with van der Waals surface area (Å²) in [4.78, 5) is 29.5. The van der Waals surface area contributed by atoms with E-state index in [4.69, 9.17) is 9.47 Å². The van der Waals surface area contributed by atoms with Crippen molar-refractivity contribution >= 4 is 11.8 Å². The molecule has 170 valence electrons. The van der Waals surface area contributed by atoms with Gasteiger partial charge in [-0.1, -0.05) is 12.8 Å². The number of rotatable bonds is 9. The van der Waals surface area contributed by atoms with Crippen LogP contribution in [0.15, 0.2) is 0 Å². The molecule has 4 rings (SSSR count). The molecule has 4 aliphatic rings. The number of hydrogen-bond donors (Lipinski definition) is 2. The molecule has 0 aliphatic carbocycles. The van der Waals surface area contributed by atoms with Gasteiger partial charge in [-0.05, 0) is 53.4 Å². The lowest BCUT2D eigenvalue weighted by Gasteiger charge is -2.55. The number of hydrogen-bond acceptors (Lipinski definition) is 6. The molecule has 0 saturated carbocycles. The molecule has 0 radical (unpaired) electrons.